The molecule has 0 radical (unpaired) electrons. The second-order valence-corrected chi connectivity index (χ2v) is 8.03. The normalized spacial score (nSPS) is 21.4. The van der Waals surface area contributed by atoms with Crippen molar-refractivity contribution in [2.24, 2.45) is 0 Å². The van der Waals surface area contributed by atoms with Crippen LogP contribution in [0.5, 0.6) is 0 Å². The molecule has 25 heavy (non-hydrogen) atoms. The molecule has 1 saturated heterocycles. The number of hydrogen-bond donors (Lipinski definition) is 0. The van der Waals surface area contributed by atoms with Crippen molar-refractivity contribution < 1.29 is 14.3 Å². The van der Waals surface area contributed by atoms with E-state index in [1.54, 1.807) is 11.8 Å². The molecule has 1 aromatic rings. The Kier molecular flexibility index (Phi) is 5.92. The first-order valence-corrected chi connectivity index (χ1v) is 9.94. The number of nitrogens with zero attached hydrogens (tertiary/aromatic N) is 2. The Balaban J connectivity index is 1.73. The number of ether oxygens (including phenoxy) is 1. The van der Waals surface area contributed by atoms with Gasteiger partial charge in [-0.3, -0.25) is 14.5 Å². The molecular formula is C18H23ClN2O3S. The van der Waals surface area contributed by atoms with Crippen molar-refractivity contribution >= 4 is 35.2 Å². The fourth-order valence-corrected chi connectivity index (χ4v) is 4.82. The molecular weight excluding hydrogens is 360 g/mol. The molecule has 2 fully saturated rings. The van der Waals surface area contributed by atoms with Gasteiger partial charge in [-0.2, -0.15) is 0 Å². The second-order valence-electron chi connectivity index (χ2n) is 6.43. The first kappa shape index (κ1) is 18.5. The molecule has 136 valence electrons. The Hall–Kier alpha value is -1.24. The molecule has 0 N–H and O–H groups in total. The molecule has 0 aromatic heterocycles. The number of thioether (sulfide) groups is 1. The van der Waals surface area contributed by atoms with Gasteiger partial charge in [-0.15, -0.1) is 11.8 Å². The van der Waals surface area contributed by atoms with Crippen molar-refractivity contribution in [1.29, 1.82) is 0 Å². The lowest BCUT2D eigenvalue weighted by Gasteiger charge is -2.31. The van der Waals surface area contributed by atoms with Gasteiger partial charge >= 0.3 is 5.97 Å². The summed E-state index contributed by atoms with van der Waals surface area (Å²) in [5, 5.41) is 0.623. The Bertz CT molecular complexity index is 653. The number of hydrogen-bond acceptors (Lipinski definition) is 5. The lowest BCUT2D eigenvalue weighted by molar-refractivity contribution is -0.147. The molecule has 0 spiro atoms. The maximum absolute atomic E-state index is 13.0. The van der Waals surface area contributed by atoms with Crippen LogP contribution in [0.2, 0.25) is 5.02 Å². The van der Waals surface area contributed by atoms with E-state index in [0.717, 1.165) is 24.2 Å². The monoisotopic (exact) mass is 382 g/mol. The van der Waals surface area contributed by atoms with Gasteiger partial charge in [0.25, 0.3) is 0 Å². The Morgan fingerprint density at radius 3 is 2.76 bits per heavy atom. The highest BCUT2D eigenvalue weighted by molar-refractivity contribution is 7.99. The molecule has 1 aliphatic heterocycles. The zero-order chi connectivity index (χ0) is 18.0. The summed E-state index contributed by atoms with van der Waals surface area (Å²) in [6, 6.07) is 7.56. The molecule has 3 rings (SSSR count). The van der Waals surface area contributed by atoms with Gasteiger partial charge in [-0.1, -0.05) is 29.8 Å². The average molecular weight is 383 g/mol. The zero-order valence-electron chi connectivity index (χ0n) is 14.5. The molecule has 2 aliphatic rings. The van der Waals surface area contributed by atoms with Crippen LogP contribution < -0.4 is 0 Å². The van der Waals surface area contributed by atoms with Crippen molar-refractivity contribution in [2.45, 2.75) is 37.2 Å². The maximum Gasteiger partial charge on any atom is 0.322 e. The molecule has 0 bridgehead atoms. The number of esters is 1. The largest absolute Gasteiger partial charge is 0.468 e. The molecule has 1 amide bonds. The average Bonchev–Trinajstić information content (AvgIpc) is 3.34. The van der Waals surface area contributed by atoms with E-state index in [9.17, 15) is 9.59 Å². The van der Waals surface area contributed by atoms with Gasteiger partial charge in [0, 0.05) is 28.9 Å². The molecule has 1 saturated carbocycles. The number of carbonyl (C=O) groups is 2. The van der Waals surface area contributed by atoms with Gasteiger partial charge in [0.05, 0.1) is 13.7 Å². The van der Waals surface area contributed by atoms with Crippen LogP contribution in [0.3, 0.4) is 0 Å². The summed E-state index contributed by atoms with van der Waals surface area (Å²) < 4.78 is 4.86. The van der Waals surface area contributed by atoms with E-state index >= 15 is 0 Å². The van der Waals surface area contributed by atoms with Gasteiger partial charge in [-0.05, 0) is 25.8 Å². The highest BCUT2D eigenvalue weighted by Gasteiger charge is 2.39. The summed E-state index contributed by atoms with van der Waals surface area (Å²) in [4.78, 5) is 28.7. The summed E-state index contributed by atoms with van der Waals surface area (Å²) in [5.41, 5.74) is 0.971. The van der Waals surface area contributed by atoms with E-state index in [0.29, 0.717) is 17.6 Å². The number of benzene rings is 1. The Labute approximate surface area is 157 Å². The lowest BCUT2D eigenvalue weighted by Crippen LogP contribution is -2.47. The van der Waals surface area contributed by atoms with Crippen molar-refractivity contribution in [3.63, 3.8) is 0 Å². The standard InChI is InChI=1S/C18H23ClN2O3S/c1-12(18(23)24-2)21(13-7-8-13)11-16(22)20-9-10-25-17(20)14-5-3-4-6-15(14)19/h3-6,12-13,17H,7-11H2,1-2H3. The first-order valence-electron chi connectivity index (χ1n) is 8.52. The van der Waals surface area contributed by atoms with Crippen LogP contribution in [0.25, 0.3) is 0 Å². The summed E-state index contributed by atoms with van der Waals surface area (Å²) in [5.74, 6) is 0.633. The van der Waals surface area contributed by atoms with Gasteiger partial charge in [0.15, 0.2) is 0 Å². The number of amides is 1. The second kappa shape index (κ2) is 7.98. The number of halogens is 1. The predicted octanol–water partition coefficient (Wildman–Crippen LogP) is 2.94. The van der Waals surface area contributed by atoms with E-state index in [2.05, 4.69) is 0 Å². The molecule has 7 heteroatoms. The highest BCUT2D eigenvalue weighted by Crippen LogP contribution is 2.41. The van der Waals surface area contributed by atoms with E-state index in [1.165, 1.54) is 7.11 Å². The first-order chi connectivity index (χ1) is 12.0. The third-order valence-electron chi connectivity index (χ3n) is 4.76. The fraction of sp³-hybridized carbons (Fsp3) is 0.556. The van der Waals surface area contributed by atoms with Gasteiger partial charge in [0.1, 0.15) is 11.4 Å². The van der Waals surface area contributed by atoms with Crippen LogP contribution in [0, 0.1) is 0 Å². The Morgan fingerprint density at radius 1 is 1.40 bits per heavy atom. The topological polar surface area (TPSA) is 49.9 Å². The molecule has 2 atom stereocenters. The van der Waals surface area contributed by atoms with Crippen molar-refractivity contribution in [1.82, 2.24) is 9.80 Å². The van der Waals surface area contributed by atoms with Crippen LogP contribution in [0.15, 0.2) is 24.3 Å². The van der Waals surface area contributed by atoms with E-state index in [-0.39, 0.29) is 23.8 Å². The summed E-state index contributed by atoms with van der Waals surface area (Å²) >= 11 is 8.06. The van der Waals surface area contributed by atoms with Crippen LogP contribution in [0.4, 0.5) is 0 Å². The molecule has 2 unspecified atom stereocenters. The minimum Gasteiger partial charge on any atom is -0.468 e. The third-order valence-corrected chi connectivity index (χ3v) is 6.34. The smallest absolute Gasteiger partial charge is 0.322 e. The number of carbonyl (C=O) groups excluding carboxylic acids is 2. The fourth-order valence-electron chi connectivity index (χ4n) is 3.20. The molecule has 1 heterocycles. The van der Waals surface area contributed by atoms with E-state index in [4.69, 9.17) is 16.3 Å². The van der Waals surface area contributed by atoms with Crippen LogP contribution in [-0.2, 0) is 14.3 Å². The summed E-state index contributed by atoms with van der Waals surface area (Å²) in [6.07, 6.45) is 2.05. The van der Waals surface area contributed by atoms with Crippen LogP contribution >= 0.6 is 23.4 Å². The van der Waals surface area contributed by atoms with Crippen molar-refractivity contribution in [2.75, 3.05) is 26.0 Å². The van der Waals surface area contributed by atoms with E-state index < -0.39 is 6.04 Å². The lowest BCUT2D eigenvalue weighted by atomic mass is 10.2. The quantitative estimate of drug-likeness (QED) is 0.708. The Morgan fingerprint density at radius 2 is 2.12 bits per heavy atom. The molecule has 1 aliphatic carbocycles. The SMILES string of the molecule is COC(=O)C(C)N(CC(=O)N1CCSC1c1ccccc1Cl)C1CC1. The minimum absolute atomic E-state index is 0.0394. The van der Waals surface area contributed by atoms with Crippen molar-refractivity contribution in [3.8, 4) is 0 Å². The summed E-state index contributed by atoms with van der Waals surface area (Å²) in [6.45, 7) is 2.74. The van der Waals surface area contributed by atoms with Crippen LogP contribution in [0.1, 0.15) is 30.7 Å². The third kappa shape index (κ3) is 4.13. The van der Waals surface area contributed by atoms with Crippen LogP contribution in [-0.4, -0.2) is 59.7 Å². The molecule has 1 aromatic carbocycles. The minimum atomic E-state index is -0.407. The highest BCUT2D eigenvalue weighted by atomic mass is 35.5. The maximum atomic E-state index is 13.0. The zero-order valence-corrected chi connectivity index (χ0v) is 16.1. The van der Waals surface area contributed by atoms with Crippen molar-refractivity contribution in [3.05, 3.63) is 34.9 Å². The predicted molar refractivity (Wildman–Crippen MR) is 99.6 cm³/mol. The molecule has 5 nitrogen and oxygen atoms in total. The van der Waals surface area contributed by atoms with Gasteiger partial charge in [-0.25, -0.2) is 0 Å². The number of methoxy groups -OCH3 is 1. The summed E-state index contributed by atoms with van der Waals surface area (Å²) in [7, 11) is 1.39. The number of rotatable bonds is 6. The van der Waals surface area contributed by atoms with Gasteiger partial charge in [0.2, 0.25) is 5.91 Å². The van der Waals surface area contributed by atoms with E-state index in [1.807, 2.05) is 41.0 Å². The van der Waals surface area contributed by atoms with Gasteiger partial charge < -0.3 is 9.64 Å².